The van der Waals surface area contributed by atoms with Crippen molar-refractivity contribution in [3.8, 4) is 0 Å². The van der Waals surface area contributed by atoms with Crippen molar-refractivity contribution in [2.45, 2.75) is 44.2 Å². The third kappa shape index (κ3) is 4.12. The molecule has 116 valence electrons. The SMILES string of the molecule is C=CCOC1OC(C)C(O)C(OCc2ccccc2)C1O. The van der Waals surface area contributed by atoms with Gasteiger partial charge in [0.1, 0.15) is 18.3 Å². The van der Waals surface area contributed by atoms with Crippen molar-refractivity contribution >= 4 is 0 Å². The molecule has 0 saturated carbocycles. The molecule has 5 atom stereocenters. The Balaban J connectivity index is 1.98. The van der Waals surface area contributed by atoms with Crippen LogP contribution in [0.15, 0.2) is 43.0 Å². The minimum atomic E-state index is -1.06. The molecule has 0 radical (unpaired) electrons. The Hall–Kier alpha value is -1.24. The van der Waals surface area contributed by atoms with Crippen LogP contribution in [-0.2, 0) is 20.8 Å². The minimum absolute atomic E-state index is 0.260. The third-order valence-electron chi connectivity index (χ3n) is 3.45. The van der Waals surface area contributed by atoms with Crippen LogP contribution in [0.2, 0.25) is 0 Å². The van der Waals surface area contributed by atoms with E-state index in [9.17, 15) is 10.2 Å². The predicted octanol–water partition coefficient (Wildman–Crippen LogP) is 1.24. The summed E-state index contributed by atoms with van der Waals surface area (Å²) in [7, 11) is 0. The van der Waals surface area contributed by atoms with Crippen LogP contribution in [0.5, 0.6) is 0 Å². The highest BCUT2D eigenvalue weighted by molar-refractivity contribution is 5.13. The lowest BCUT2D eigenvalue weighted by atomic mass is 9.99. The molecule has 0 aliphatic carbocycles. The van der Waals surface area contributed by atoms with Crippen LogP contribution in [-0.4, -0.2) is 47.5 Å². The Morgan fingerprint density at radius 2 is 1.90 bits per heavy atom. The van der Waals surface area contributed by atoms with Crippen LogP contribution in [0.3, 0.4) is 0 Å². The molecule has 1 fully saturated rings. The van der Waals surface area contributed by atoms with Gasteiger partial charge >= 0.3 is 0 Å². The van der Waals surface area contributed by atoms with Crippen molar-refractivity contribution in [1.82, 2.24) is 0 Å². The average Bonchev–Trinajstić information content (AvgIpc) is 2.50. The Morgan fingerprint density at radius 3 is 2.57 bits per heavy atom. The second-order valence-electron chi connectivity index (χ2n) is 5.07. The fourth-order valence-corrected chi connectivity index (χ4v) is 2.26. The van der Waals surface area contributed by atoms with Gasteiger partial charge in [0.2, 0.25) is 0 Å². The molecule has 2 rings (SSSR count). The first-order chi connectivity index (χ1) is 10.1. The normalized spacial score (nSPS) is 32.8. The van der Waals surface area contributed by atoms with Crippen LogP contribution in [0.25, 0.3) is 0 Å². The predicted molar refractivity (Wildman–Crippen MR) is 77.5 cm³/mol. The van der Waals surface area contributed by atoms with Crippen LogP contribution in [0.1, 0.15) is 12.5 Å². The average molecular weight is 294 g/mol. The van der Waals surface area contributed by atoms with E-state index < -0.39 is 30.7 Å². The summed E-state index contributed by atoms with van der Waals surface area (Å²) < 4.78 is 16.5. The zero-order valence-corrected chi connectivity index (χ0v) is 12.1. The summed E-state index contributed by atoms with van der Waals surface area (Å²) in [5, 5.41) is 20.4. The molecule has 21 heavy (non-hydrogen) atoms. The summed E-state index contributed by atoms with van der Waals surface area (Å²) in [6.45, 7) is 5.84. The van der Waals surface area contributed by atoms with Crippen molar-refractivity contribution in [2.75, 3.05) is 6.61 Å². The second kappa shape index (κ2) is 7.68. The lowest BCUT2D eigenvalue weighted by molar-refractivity contribution is -0.299. The lowest BCUT2D eigenvalue weighted by Gasteiger charge is -2.41. The van der Waals surface area contributed by atoms with Gasteiger partial charge in [-0.3, -0.25) is 0 Å². The fourth-order valence-electron chi connectivity index (χ4n) is 2.26. The van der Waals surface area contributed by atoms with Gasteiger partial charge in [-0.2, -0.15) is 0 Å². The zero-order chi connectivity index (χ0) is 15.2. The summed E-state index contributed by atoms with van der Waals surface area (Å²) in [5.74, 6) is 0. The lowest BCUT2D eigenvalue weighted by Crippen LogP contribution is -2.58. The molecule has 0 amide bonds. The number of hydrogen-bond donors (Lipinski definition) is 2. The number of rotatable bonds is 6. The molecule has 1 aliphatic heterocycles. The van der Waals surface area contributed by atoms with E-state index in [2.05, 4.69) is 6.58 Å². The minimum Gasteiger partial charge on any atom is -0.388 e. The Bertz CT molecular complexity index is 436. The van der Waals surface area contributed by atoms with Crippen LogP contribution in [0, 0.1) is 0 Å². The summed E-state index contributed by atoms with van der Waals surface area (Å²) in [6.07, 6.45) is -2.46. The Labute approximate surface area is 124 Å². The maximum Gasteiger partial charge on any atom is 0.186 e. The van der Waals surface area contributed by atoms with E-state index in [1.54, 1.807) is 13.0 Å². The number of benzene rings is 1. The molecule has 1 saturated heterocycles. The molecule has 1 heterocycles. The van der Waals surface area contributed by atoms with Gasteiger partial charge in [0.15, 0.2) is 6.29 Å². The summed E-state index contributed by atoms with van der Waals surface area (Å²) in [6, 6.07) is 9.59. The standard InChI is InChI=1S/C16H22O5/c1-3-9-19-16-14(18)15(13(17)11(2)21-16)20-10-12-7-5-4-6-8-12/h3-8,11,13-18H,1,9-10H2,2H3. The molecule has 0 bridgehead atoms. The number of aliphatic hydroxyl groups is 2. The maximum absolute atomic E-state index is 10.3. The van der Waals surface area contributed by atoms with E-state index in [1.165, 1.54) is 0 Å². The monoisotopic (exact) mass is 294 g/mol. The highest BCUT2D eigenvalue weighted by Gasteiger charge is 2.44. The van der Waals surface area contributed by atoms with Crippen molar-refractivity contribution in [3.63, 3.8) is 0 Å². The van der Waals surface area contributed by atoms with E-state index in [1.807, 2.05) is 30.3 Å². The quantitative estimate of drug-likeness (QED) is 0.773. The van der Waals surface area contributed by atoms with Crippen LogP contribution in [0.4, 0.5) is 0 Å². The molecule has 1 aromatic carbocycles. The van der Waals surface area contributed by atoms with Crippen molar-refractivity contribution in [2.24, 2.45) is 0 Å². The molecular formula is C16H22O5. The van der Waals surface area contributed by atoms with Crippen molar-refractivity contribution < 1.29 is 24.4 Å². The van der Waals surface area contributed by atoms with Crippen molar-refractivity contribution in [3.05, 3.63) is 48.6 Å². The Morgan fingerprint density at radius 1 is 1.19 bits per heavy atom. The number of aliphatic hydroxyl groups excluding tert-OH is 2. The van der Waals surface area contributed by atoms with Gasteiger partial charge in [-0.05, 0) is 12.5 Å². The van der Waals surface area contributed by atoms with Gasteiger partial charge in [-0.25, -0.2) is 0 Å². The smallest absolute Gasteiger partial charge is 0.186 e. The van der Waals surface area contributed by atoms with E-state index in [-0.39, 0.29) is 6.61 Å². The van der Waals surface area contributed by atoms with Gasteiger partial charge in [-0.1, -0.05) is 36.4 Å². The zero-order valence-electron chi connectivity index (χ0n) is 12.1. The summed E-state index contributed by atoms with van der Waals surface area (Å²) >= 11 is 0. The highest BCUT2D eigenvalue weighted by Crippen LogP contribution is 2.25. The van der Waals surface area contributed by atoms with E-state index in [4.69, 9.17) is 14.2 Å². The van der Waals surface area contributed by atoms with Crippen LogP contribution < -0.4 is 0 Å². The van der Waals surface area contributed by atoms with Crippen LogP contribution >= 0.6 is 0 Å². The summed E-state index contributed by atoms with van der Waals surface area (Å²) in [5.41, 5.74) is 0.972. The third-order valence-corrected chi connectivity index (χ3v) is 3.45. The molecule has 1 aromatic rings. The molecule has 5 heteroatoms. The van der Waals surface area contributed by atoms with Gasteiger partial charge < -0.3 is 24.4 Å². The van der Waals surface area contributed by atoms with Gasteiger partial charge in [-0.15, -0.1) is 6.58 Å². The van der Waals surface area contributed by atoms with Gasteiger partial charge in [0.25, 0.3) is 0 Å². The second-order valence-corrected chi connectivity index (χ2v) is 5.07. The molecule has 0 aromatic heterocycles. The molecule has 5 nitrogen and oxygen atoms in total. The fraction of sp³-hybridized carbons (Fsp3) is 0.500. The first kappa shape index (κ1) is 16.1. The molecule has 5 unspecified atom stereocenters. The number of ether oxygens (including phenoxy) is 3. The van der Waals surface area contributed by atoms with E-state index >= 15 is 0 Å². The van der Waals surface area contributed by atoms with E-state index in [0.29, 0.717) is 6.61 Å². The molecule has 2 N–H and O–H groups in total. The highest BCUT2D eigenvalue weighted by atomic mass is 16.7. The van der Waals surface area contributed by atoms with Gasteiger partial charge in [0.05, 0.1) is 19.3 Å². The molecule has 1 aliphatic rings. The van der Waals surface area contributed by atoms with E-state index in [0.717, 1.165) is 5.56 Å². The summed E-state index contributed by atoms with van der Waals surface area (Å²) in [4.78, 5) is 0. The Kier molecular flexibility index (Phi) is 5.90. The molecular weight excluding hydrogens is 272 g/mol. The van der Waals surface area contributed by atoms with Gasteiger partial charge in [0, 0.05) is 0 Å². The largest absolute Gasteiger partial charge is 0.388 e. The topological polar surface area (TPSA) is 68.2 Å². The first-order valence-corrected chi connectivity index (χ1v) is 7.03. The number of hydrogen-bond acceptors (Lipinski definition) is 5. The first-order valence-electron chi connectivity index (χ1n) is 7.03. The van der Waals surface area contributed by atoms with Crippen molar-refractivity contribution in [1.29, 1.82) is 0 Å². The maximum atomic E-state index is 10.3. The molecule has 0 spiro atoms.